The molecule has 13 heteroatoms. The first-order valence-corrected chi connectivity index (χ1v) is 11.5. The van der Waals surface area contributed by atoms with E-state index in [1.807, 2.05) is 4.90 Å². The first-order valence-electron chi connectivity index (χ1n) is 11.5. The van der Waals surface area contributed by atoms with Crippen molar-refractivity contribution < 1.29 is 32.9 Å². The number of rotatable bonds is 6. The van der Waals surface area contributed by atoms with Gasteiger partial charge in [-0.3, -0.25) is 10.2 Å². The van der Waals surface area contributed by atoms with E-state index in [-0.39, 0.29) is 29.9 Å². The molecule has 2 aliphatic heterocycles. The number of nitrogens with zero attached hydrogens (tertiary/aromatic N) is 5. The number of aromatic nitrogens is 3. The van der Waals surface area contributed by atoms with E-state index in [1.165, 1.54) is 35.5 Å². The molecule has 1 fully saturated rings. The maximum Gasteiger partial charge on any atom is 0.416 e. The van der Waals surface area contributed by atoms with Crippen LogP contribution < -0.4 is 19.9 Å². The van der Waals surface area contributed by atoms with Gasteiger partial charge < -0.3 is 19.8 Å². The molecule has 1 aromatic carbocycles. The smallest absolute Gasteiger partial charge is 0.416 e. The Morgan fingerprint density at radius 3 is 2.78 bits per heavy atom. The fourth-order valence-electron chi connectivity index (χ4n) is 4.30. The van der Waals surface area contributed by atoms with E-state index in [2.05, 4.69) is 20.3 Å². The summed E-state index contributed by atoms with van der Waals surface area (Å²) in [5, 5.41) is 21.0. The Morgan fingerprint density at radius 2 is 2.05 bits per heavy atom. The first-order chi connectivity index (χ1) is 17.7. The molecular weight excluding hydrogens is 493 g/mol. The SMILES string of the molecule is O=C(Nc1ccc(OCC(O)CO)cn1)N1c2nc(-c3cccc(C(F)(F)F)c3)ncc2N2CC[C@H]1C2. The third-order valence-corrected chi connectivity index (χ3v) is 6.14. The quantitative estimate of drug-likeness (QED) is 0.457. The number of alkyl halides is 3. The molecule has 1 unspecified atom stereocenters. The van der Waals surface area contributed by atoms with Gasteiger partial charge in [0.2, 0.25) is 0 Å². The minimum atomic E-state index is -4.51. The highest BCUT2D eigenvalue weighted by Crippen LogP contribution is 2.40. The van der Waals surface area contributed by atoms with Crippen molar-refractivity contribution in [3.63, 3.8) is 0 Å². The molecule has 1 saturated heterocycles. The number of carbonyl (C=O) groups is 1. The summed E-state index contributed by atoms with van der Waals surface area (Å²) in [4.78, 5) is 29.9. The number of anilines is 3. The van der Waals surface area contributed by atoms with E-state index in [0.29, 0.717) is 36.8 Å². The molecule has 4 heterocycles. The Labute approximate surface area is 209 Å². The first kappa shape index (κ1) is 24.7. The largest absolute Gasteiger partial charge is 0.489 e. The zero-order chi connectivity index (χ0) is 26.2. The lowest BCUT2D eigenvalue weighted by Gasteiger charge is -2.35. The van der Waals surface area contributed by atoms with Crippen molar-refractivity contribution in [2.24, 2.45) is 0 Å². The lowest BCUT2D eigenvalue weighted by Crippen LogP contribution is -2.48. The summed E-state index contributed by atoms with van der Waals surface area (Å²) in [6, 6.07) is 7.16. The molecular formula is C24H23F3N6O4. The molecule has 0 saturated carbocycles. The van der Waals surface area contributed by atoms with Crippen molar-refractivity contribution in [1.82, 2.24) is 15.0 Å². The van der Waals surface area contributed by atoms with Crippen molar-refractivity contribution in [3.8, 4) is 17.1 Å². The van der Waals surface area contributed by atoms with Gasteiger partial charge in [0.15, 0.2) is 11.6 Å². The highest BCUT2D eigenvalue weighted by Gasteiger charge is 2.41. The zero-order valence-corrected chi connectivity index (χ0v) is 19.4. The lowest BCUT2D eigenvalue weighted by atomic mass is 10.1. The maximum atomic E-state index is 13.3. The van der Waals surface area contributed by atoms with E-state index in [0.717, 1.165) is 12.1 Å². The average Bonchev–Trinajstić information content (AvgIpc) is 3.31. The van der Waals surface area contributed by atoms with Crippen LogP contribution in [0.1, 0.15) is 12.0 Å². The van der Waals surface area contributed by atoms with Crippen LogP contribution in [-0.2, 0) is 6.18 Å². The average molecular weight is 516 g/mol. The van der Waals surface area contributed by atoms with Gasteiger partial charge in [0.05, 0.1) is 36.3 Å². The molecule has 3 aromatic rings. The van der Waals surface area contributed by atoms with Gasteiger partial charge in [-0.1, -0.05) is 12.1 Å². The molecule has 194 valence electrons. The summed E-state index contributed by atoms with van der Waals surface area (Å²) in [5.74, 6) is 0.981. The summed E-state index contributed by atoms with van der Waals surface area (Å²) in [5.41, 5.74) is 0.00219. The van der Waals surface area contributed by atoms with E-state index in [1.54, 1.807) is 6.07 Å². The second kappa shape index (κ2) is 9.82. The predicted octanol–water partition coefficient (Wildman–Crippen LogP) is 2.92. The molecule has 10 nitrogen and oxygen atoms in total. The number of fused-ring (bicyclic) bond motifs is 4. The molecule has 3 N–H and O–H groups in total. The number of halogens is 3. The maximum absolute atomic E-state index is 13.3. The number of ether oxygens (including phenoxy) is 1. The summed E-state index contributed by atoms with van der Waals surface area (Å²) < 4.78 is 45.0. The standard InChI is InChI=1S/C24H23F3N6O4/c25-24(26,27)15-3-1-2-14(8-15)21-29-10-19-22(31-21)33(16-6-7-32(19)11-16)23(36)30-20-5-4-18(9-28-20)37-13-17(35)12-34/h1-5,8-10,16-17,34-35H,6-7,11-13H2,(H,28,30,36)/t16-,17?/m0/s1. The molecule has 0 radical (unpaired) electrons. The van der Waals surface area contributed by atoms with Crippen molar-refractivity contribution >= 4 is 23.4 Å². The molecule has 5 rings (SSSR count). The Bertz CT molecular complexity index is 1290. The Morgan fingerprint density at radius 1 is 1.22 bits per heavy atom. The van der Waals surface area contributed by atoms with Gasteiger partial charge in [-0.25, -0.2) is 19.7 Å². The van der Waals surface area contributed by atoms with Crippen molar-refractivity contribution in [1.29, 1.82) is 0 Å². The number of pyridine rings is 1. The number of carbonyl (C=O) groups excluding carboxylic acids is 1. The molecule has 2 atom stereocenters. The van der Waals surface area contributed by atoms with E-state index < -0.39 is 30.5 Å². The number of hydrogen-bond donors (Lipinski definition) is 3. The van der Waals surface area contributed by atoms with Crippen LogP contribution in [0, 0.1) is 0 Å². The molecule has 37 heavy (non-hydrogen) atoms. The van der Waals surface area contributed by atoms with E-state index in [9.17, 15) is 23.1 Å². The number of amides is 2. The molecule has 0 aliphatic carbocycles. The van der Waals surface area contributed by atoms with Gasteiger partial charge in [-0.15, -0.1) is 0 Å². The van der Waals surface area contributed by atoms with Crippen LogP contribution in [0.4, 0.5) is 35.3 Å². The summed E-state index contributed by atoms with van der Waals surface area (Å²) in [6.45, 7) is 0.731. The Balaban J connectivity index is 1.39. The van der Waals surface area contributed by atoms with Crippen LogP contribution in [-0.4, -0.2) is 69.6 Å². The Hall–Kier alpha value is -3.97. The van der Waals surface area contributed by atoms with Gasteiger partial charge >= 0.3 is 12.2 Å². The molecule has 0 spiro atoms. The van der Waals surface area contributed by atoms with Crippen LogP contribution in [0.25, 0.3) is 11.4 Å². The highest BCUT2D eigenvalue weighted by molar-refractivity contribution is 6.04. The second-order valence-electron chi connectivity index (χ2n) is 8.70. The summed E-state index contributed by atoms with van der Waals surface area (Å²) >= 11 is 0. The fourth-order valence-corrected chi connectivity index (χ4v) is 4.30. The molecule has 2 amide bonds. The van der Waals surface area contributed by atoms with Gasteiger partial charge in [0, 0.05) is 18.7 Å². The van der Waals surface area contributed by atoms with Crippen molar-refractivity contribution in [3.05, 3.63) is 54.4 Å². The molecule has 2 aromatic heterocycles. The zero-order valence-electron chi connectivity index (χ0n) is 19.4. The number of nitrogens with one attached hydrogen (secondary N) is 1. The number of hydrogen-bond acceptors (Lipinski definition) is 8. The minimum absolute atomic E-state index is 0.0786. The van der Waals surface area contributed by atoms with Crippen LogP contribution >= 0.6 is 0 Å². The number of urea groups is 1. The third-order valence-electron chi connectivity index (χ3n) is 6.14. The number of benzene rings is 1. The van der Waals surface area contributed by atoms with Crippen LogP contribution in [0.5, 0.6) is 5.75 Å². The predicted molar refractivity (Wildman–Crippen MR) is 127 cm³/mol. The van der Waals surface area contributed by atoms with Crippen LogP contribution in [0.3, 0.4) is 0 Å². The summed E-state index contributed by atoms with van der Waals surface area (Å²) in [6.07, 6.45) is -1.93. The second-order valence-corrected chi connectivity index (χ2v) is 8.70. The topological polar surface area (TPSA) is 124 Å². The Kier molecular flexibility index (Phi) is 6.56. The van der Waals surface area contributed by atoms with Crippen LogP contribution in [0.15, 0.2) is 48.8 Å². The molecule has 2 aliphatic rings. The van der Waals surface area contributed by atoms with E-state index in [4.69, 9.17) is 9.84 Å². The summed E-state index contributed by atoms with van der Waals surface area (Å²) in [7, 11) is 0. The lowest BCUT2D eigenvalue weighted by molar-refractivity contribution is -0.137. The van der Waals surface area contributed by atoms with E-state index >= 15 is 0 Å². The van der Waals surface area contributed by atoms with Gasteiger partial charge in [-0.2, -0.15) is 13.2 Å². The fraction of sp³-hybridized carbons (Fsp3) is 0.333. The van der Waals surface area contributed by atoms with Gasteiger partial charge in [-0.05, 0) is 30.7 Å². The van der Waals surface area contributed by atoms with Crippen LogP contribution in [0.2, 0.25) is 0 Å². The van der Waals surface area contributed by atoms with Gasteiger partial charge in [0.1, 0.15) is 24.3 Å². The van der Waals surface area contributed by atoms with Gasteiger partial charge in [0.25, 0.3) is 0 Å². The van der Waals surface area contributed by atoms with Crippen molar-refractivity contribution in [2.75, 3.05) is 41.4 Å². The monoisotopic (exact) mass is 516 g/mol. The molecule has 2 bridgehead atoms. The number of aliphatic hydroxyl groups is 2. The van der Waals surface area contributed by atoms with Crippen molar-refractivity contribution in [2.45, 2.75) is 24.7 Å². The highest BCUT2D eigenvalue weighted by atomic mass is 19.4. The minimum Gasteiger partial charge on any atom is -0.489 e. The third kappa shape index (κ3) is 5.13. The normalized spacial score (nSPS) is 17.4. The number of aliphatic hydroxyl groups excluding tert-OH is 2.